The number of carbonyl (C=O) groups is 5. The molecule has 0 bridgehead atoms. The first-order valence-corrected chi connectivity index (χ1v) is 10.5. The van der Waals surface area contributed by atoms with Gasteiger partial charge in [-0.2, -0.15) is 0 Å². The molecular formula is C19H35N7O7. The normalized spacial score (nSPS) is 14.2. The fraction of sp³-hybridized carbons (Fsp3) is 0.684. The lowest BCUT2D eigenvalue weighted by Gasteiger charge is -2.27. The molecule has 0 aliphatic carbocycles. The summed E-state index contributed by atoms with van der Waals surface area (Å²) in [5.74, 6) is -5.09. The van der Waals surface area contributed by atoms with E-state index in [9.17, 15) is 29.1 Å². The van der Waals surface area contributed by atoms with Crippen molar-refractivity contribution < 1.29 is 34.2 Å². The minimum atomic E-state index is -1.46. The Bertz CT molecular complexity index is 725. The second-order valence-corrected chi connectivity index (χ2v) is 7.48. The third-order valence-corrected chi connectivity index (χ3v) is 4.84. The summed E-state index contributed by atoms with van der Waals surface area (Å²) >= 11 is 0. The first-order valence-electron chi connectivity index (χ1n) is 10.5. The number of carboxylic acids is 2. The van der Waals surface area contributed by atoms with Crippen LogP contribution in [0.3, 0.4) is 0 Å². The van der Waals surface area contributed by atoms with Gasteiger partial charge in [-0.15, -0.1) is 0 Å². The highest BCUT2D eigenvalue weighted by molar-refractivity contribution is 5.93. The Morgan fingerprint density at radius 3 is 2.03 bits per heavy atom. The van der Waals surface area contributed by atoms with E-state index in [2.05, 4.69) is 20.9 Å². The average Bonchev–Trinajstić information content (AvgIpc) is 2.75. The van der Waals surface area contributed by atoms with Crippen molar-refractivity contribution in [2.75, 3.05) is 13.1 Å². The zero-order valence-electron chi connectivity index (χ0n) is 18.9. The van der Waals surface area contributed by atoms with Gasteiger partial charge < -0.3 is 43.4 Å². The van der Waals surface area contributed by atoms with E-state index in [4.69, 9.17) is 22.3 Å². The predicted molar refractivity (Wildman–Crippen MR) is 119 cm³/mol. The van der Waals surface area contributed by atoms with Crippen LogP contribution in [-0.4, -0.2) is 77.0 Å². The Kier molecular flexibility index (Phi) is 13.8. The van der Waals surface area contributed by atoms with Gasteiger partial charge in [-0.25, -0.2) is 4.79 Å². The largest absolute Gasteiger partial charge is 0.481 e. The molecule has 0 fully saturated rings. The van der Waals surface area contributed by atoms with Gasteiger partial charge in [0.1, 0.15) is 18.1 Å². The smallest absolute Gasteiger partial charge is 0.326 e. The highest BCUT2D eigenvalue weighted by atomic mass is 16.4. The molecule has 0 aliphatic heterocycles. The summed E-state index contributed by atoms with van der Waals surface area (Å²) in [6.45, 7) is 3.38. The topological polar surface area (TPSA) is 252 Å². The third-order valence-electron chi connectivity index (χ3n) is 4.84. The lowest BCUT2D eigenvalue weighted by atomic mass is 9.97. The van der Waals surface area contributed by atoms with Crippen LogP contribution in [0.25, 0.3) is 0 Å². The standard InChI is InChI=1S/C19H35N7O7/c1-3-10(2)15(26-13(27)9-20)17(31)24-11(5-4-8-23-19(21)22)16(30)25-12(18(32)33)6-7-14(28)29/h10-12,15H,3-9,20H2,1-2H3,(H,24,31)(H,25,30)(H,26,27)(H,28,29)(H,32,33)(H4,21,22,23). The van der Waals surface area contributed by atoms with Crippen molar-refractivity contribution in [3.63, 3.8) is 0 Å². The van der Waals surface area contributed by atoms with Crippen molar-refractivity contribution in [3.8, 4) is 0 Å². The van der Waals surface area contributed by atoms with Crippen LogP contribution < -0.4 is 33.2 Å². The number of nitrogens with zero attached hydrogens (tertiary/aromatic N) is 1. The van der Waals surface area contributed by atoms with E-state index in [1.54, 1.807) is 6.92 Å². The Labute approximate surface area is 191 Å². The van der Waals surface area contributed by atoms with E-state index in [-0.39, 0.29) is 44.2 Å². The van der Waals surface area contributed by atoms with Crippen LogP contribution in [0.4, 0.5) is 0 Å². The second-order valence-electron chi connectivity index (χ2n) is 7.48. The van der Waals surface area contributed by atoms with Crippen molar-refractivity contribution in [2.45, 2.75) is 64.1 Å². The SMILES string of the molecule is CCC(C)C(NC(=O)CN)C(=O)NC(CCCN=C(N)N)C(=O)NC(CCC(=O)O)C(=O)O. The first kappa shape index (κ1) is 29.6. The Morgan fingerprint density at radius 1 is 0.939 bits per heavy atom. The molecule has 0 aromatic heterocycles. The maximum atomic E-state index is 12.9. The van der Waals surface area contributed by atoms with Gasteiger partial charge in [-0.05, 0) is 25.2 Å². The van der Waals surface area contributed by atoms with Crippen molar-refractivity contribution >= 4 is 35.6 Å². The molecule has 0 aromatic rings. The van der Waals surface area contributed by atoms with Crippen LogP contribution in [0, 0.1) is 5.92 Å². The number of carboxylic acid groups (broad SMARTS) is 2. The van der Waals surface area contributed by atoms with Gasteiger partial charge in [-0.3, -0.25) is 24.2 Å². The summed E-state index contributed by atoms with van der Waals surface area (Å²) < 4.78 is 0. The van der Waals surface area contributed by atoms with Crippen molar-refractivity contribution in [1.82, 2.24) is 16.0 Å². The molecule has 0 aromatic carbocycles. The van der Waals surface area contributed by atoms with Gasteiger partial charge in [-0.1, -0.05) is 20.3 Å². The van der Waals surface area contributed by atoms with E-state index < -0.39 is 54.2 Å². The van der Waals surface area contributed by atoms with Crippen LogP contribution >= 0.6 is 0 Å². The summed E-state index contributed by atoms with van der Waals surface area (Å²) in [5.41, 5.74) is 15.9. The van der Waals surface area contributed by atoms with Gasteiger partial charge in [0.15, 0.2) is 5.96 Å². The van der Waals surface area contributed by atoms with Crippen molar-refractivity contribution in [1.29, 1.82) is 0 Å². The number of guanidine groups is 1. The van der Waals surface area contributed by atoms with E-state index in [0.29, 0.717) is 6.42 Å². The number of rotatable bonds is 16. The molecule has 188 valence electrons. The monoisotopic (exact) mass is 473 g/mol. The summed E-state index contributed by atoms with van der Waals surface area (Å²) in [7, 11) is 0. The van der Waals surface area contributed by atoms with E-state index in [0.717, 1.165) is 0 Å². The number of hydrogen-bond donors (Lipinski definition) is 8. The molecule has 11 N–H and O–H groups in total. The van der Waals surface area contributed by atoms with Gasteiger partial charge >= 0.3 is 11.9 Å². The van der Waals surface area contributed by atoms with Crippen LogP contribution in [-0.2, 0) is 24.0 Å². The molecule has 14 heteroatoms. The first-order chi connectivity index (χ1) is 15.4. The molecule has 14 nitrogen and oxygen atoms in total. The Balaban J connectivity index is 5.54. The number of hydrogen-bond acceptors (Lipinski definition) is 7. The highest BCUT2D eigenvalue weighted by Gasteiger charge is 2.31. The molecule has 4 unspecified atom stereocenters. The predicted octanol–water partition coefficient (Wildman–Crippen LogP) is -2.55. The zero-order chi connectivity index (χ0) is 25.6. The van der Waals surface area contributed by atoms with Crippen LogP contribution in [0.5, 0.6) is 0 Å². The summed E-state index contributed by atoms with van der Waals surface area (Å²) in [4.78, 5) is 63.4. The lowest BCUT2D eigenvalue weighted by Crippen LogP contribution is -2.57. The summed E-state index contributed by atoms with van der Waals surface area (Å²) in [6.07, 6.45) is 0.0532. The van der Waals surface area contributed by atoms with E-state index >= 15 is 0 Å². The molecule has 33 heavy (non-hydrogen) atoms. The third kappa shape index (κ3) is 12.3. The van der Waals surface area contributed by atoms with Gasteiger partial charge in [0, 0.05) is 13.0 Å². The number of nitrogens with one attached hydrogen (secondary N) is 3. The lowest BCUT2D eigenvalue weighted by molar-refractivity contribution is -0.143. The molecule has 0 heterocycles. The molecule has 0 spiro atoms. The van der Waals surface area contributed by atoms with Gasteiger partial charge in [0.25, 0.3) is 0 Å². The molecule has 0 saturated carbocycles. The highest BCUT2D eigenvalue weighted by Crippen LogP contribution is 2.10. The van der Waals surface area contributed by atoms with E-state index in [1.807, 2.05) is 6.92 Å². The van der Waals surface area contributed by atoms with Crippen molar-refractivity contribution in [3.05, 3.63) is 0 Å². The number of amides is 3. The molecule has 0 saturated heterocycles. The summed E-state index contributed by atoms with van der Waals surface area (Å²) in [5, 5.41) is 25.4. The Hall–Kier alpha value is -3.42. The van der Waals surface area contributed by atoms with Crippen molar-refractivity contribution in [2.24, 2.45) is 28.1 Å². The maximum absolute atomic E-state index is 12.9. The quantitative estimate of drug-likeness (QED) is 0.0661. The molecular weight excluding hydrogens is 438 g/mol. The average molecular weight is 474 g/mol. The number of carbonyl (C=O) groups excluding carboxylic acids is 3. The number of nitrogens with two attached hydrogens (primary N) is 3. The fourth-order valence-electron chi connectivity index (χ4n) is 2.77. The van der Waals surface area contributed by atoms with Crippen LogP contribution in [0.2, 0.25) is 0 Å². The molecule has 3 amide bonds. The fourth-order valence-corrected chi connectivity index (χ4v) is 2.77. The number of aliphatic imine (C=N–C) groups is 1. The summed E-state index contributed by atoms with van der Waals surface area (Å²) in [6, 6.07) is -3.62. The number of aliphatic carboxylic acids is 2. The maximum Gasteiger partial charge on any atom is 0.326 e. The van der Waals surface area contributed by atoms with Gasteiger partial charge in [0.2, 0.25) is 17.7 Å². The minimum absolute atomic E-state index is 0.0533. The van der Waals surface area contributed by atoms with E-state index in [1.165, 1.54) is 0 Å². The molecule has 4 atom stereocenters. The molecule has 0 aliphatic rings. The molecule has 0 rings (SSSR count). The Morgan fingerprint density at radius 2 is 1.55 bits per heavy atom. The zero-order valence-corrected chi connectivity index (χ0v) is 18.9. The van der Waals surface area contributed by atoms with Gasteiger partial charge in [0.05, 0.1) is 6.54 Å². The van der Waals surface area contributed by atoms with Crippen LogP contribution in [0.15, 0.2) is 4.99 Å². The molecule has 0 radical (unpaired) electrons. The minimum Gasteiger partial charge on any atom is -0.481 e. The second kappa shape index (κ2) is 15.4. The van der Waals surface area contributed by atoms with Crippen LogP contribution in [0.1, 0.15) is 46.0 Å².